The number of hydrogen-bond donors (Lipinski definition) is 2. The van der Waals surface area contributed by atoms with Crippen molar-refractivity contribution in [2.75, 3.05) is 24.5 Å². The topological polar surface area (TPSA) is 73.9 Å². The molecule has 1 saturated heterocycles. The molecule has 1 atom stereocenters. The monoisotopic (exact) mass is 377 g/mol. The van der Waals surface area contributed by atoms with E-state index in [0.29, 0.717) is 18.6 Å². The Morgan fingerprint density at radius 2 is 2.19 bits per heavy atom. The molecule has 1 unspecified atom stereocenters. The molecule has 0 radical (unpaired) electrons. The van der Waals surface area contributed by atoms with Crippen molar-refractivity contribution in [2.45, 2.75) is 19.0 Å². The van der Waals surface area contributed by atoms with E-state index in [1.807, 2.05) is 17.4 Å². The SMILES string of the molecule is O=C(NCC(F)(F)F)C1CCCN(c2cc[nH]c3cnc4nccc4c23)C1. The highest BCUT2D eigenvalue weighted by Crippen LogP contribution is 2.33. The number of aromatic amines is 1. The Bertz CT molecular complexity index is 984. The van der Waals surface area contributed by atoms with E-state index in [0.717, 1.165) is 34.9 Å². The standard InChI is InChI=1S/C18H18F3N5O/c19-18(20,21)10-25-17(27)11-2-1-7-26(9-11)14-4-6-22-13-8-24-16-12(15(13)14)3-5-23-16/h3-6,8,11,22H,1-2,7,9-10H2,(H,25,27). The van der Waals surface area contributed by atoms with Crippen LogP contribution in [0.15, 0.2) is 30.7 Å². The molecule has 27 heavy (non-hydrogen) atoms. The molecule has 3 aromatic rings. The van der Waals surface area contributed by atoms with Gasteiger partial charge in [0.1, 0.15) is 6.54 Å². The highest BCUT2D eigenvalue weighted by atomic mass is 19.4. The minimum Gasteiger partial charge on any atom is -0.370 e. The Balaban J connectivity index is 1.62. The van der Waals surface area contributed by atoms with Crippen molar-refractivity contribution in [1.82, 2.24) is 20.3 Å². The van der Waals surface area contributed by atoms with Gasteiger partial charge < -0.3 is 15.2 Å². The van der Waals surface area contributed by atoms with Gasteiger partial charge in [-0.1, -0.05) is 0 Å². The molecule has 0 bridgehead atoms. The summed E-state index contributed by atoms with van der Waals surface area (Å²) in [6.07, 6.45) is 2.11. The second-order valence-electron chi connectivity index (χ2n) is 6.71. The molecule has 0 aliphatic carbocycles. The van der Waals surface area contributed by atoms with Crippen LogP contribution in [0.2, 0.25) is 0 Å². The molecule has 4 rings (SSSR count). The molecule has 142 valence electrons. The number of piperidine rings is 1. The average molecular weight is 377 g/mol. The number of halogens is 3. The first kappa shape index (κ1) is 17.6. The van der Waals surface area contributed by atoms with E-state index in [2.05, 4.69) is 19.9 Å². The van der Waals surface area contributed by atoms with Crippen LogP contribution in [0.25, 0.3) is 21.9 Å². The summed E-state index contributed by atoms with van der Waals surface area (Å²) in [5, 5.41) is 3.87. The highest BCUT2D eigenvalue weighted by molar-refractivity contribution is 6.10. The van der Waals surface area contributed by atoms with Crippen LogP contribution < -0.4 is 10.2 Å². The van der Waals surface area contributed by atoms with Gasteiger partial charge in [-0.15, -0.1) is 0 Å². The Kier molecular flexibility index (Phi) is 4.37. The molecule has 1 fully saturated rings. The lowest BCUT2D eigenvalue weighted by Gasteiger charge is -2.34. The van der Waals surface area contributed by atoms with Crippen molar-refractivity contribution < 1.29 is 18.0 Å². The first-order valence-electron chi connectivity index (χ1n) is 8.72. The van der Waals surface area contributed by atoms with Crippen LogP contribution >= 0.6 is 0 Å². The molecular formula is C18H18F3N5O. The molecule has 3 aromatic heterocycles. The molecule has 1 aliphatic rings. The van der Waals surface area contributed by atoms with Gasteiger partial charge in [0.25, 0.3) is 0 Å². The van der Waals surface area contributed by atoms with E-state index in [4.69, 9.17) is 0 Å². The molecule has 1 aliphatic heterocycles. The lowest BCUT2D eigenvalue weighted by atomic mass is 9.96. The summed E-state index contributed by atoms with van der Waals surface area (Å²) in [6.45, 7) is -0.183. The van der Waals surface area contributed by atoms with Gasteiger partial charge >= 0.3 is 6.18 Å². The Morgan fingerprint density at radius 1 is 1.33 bits per heavy atom. The van der Waals surface area contributed by atoms with Crippen LogP contribution in [0.5, 0.6) is 0 Å². The first-order chi connectivity index (χ1) is 12.9. The second kappa shape index (κ2) is 6.71. The lowest BCUT2D eigenvalue weighted by Crippen LogP contribution is -2.45. The van der Waals surface area contributed by atoms with E-state index in [1.165, 1.54) is 0 Å². The Labute approximate surface area is 152 Å². The number of amides is 1. The number of nitrogens with one attached hydrogen (secondary N) is 2. The number of fused-ring (bicyclic) bond motifs is 3. The Hall–Kier alpha value is -2.84. The largest absolute Gasteiger partial charge is 0.405 e. The molecular weight excluding hydrogens is 359 g/mol. The van der Waals surface area contributed by atoms with Crippen molar-refractivity contribution in [3.8, 4) is 0 Å². The smallest absolute Gasteiger partial charge is 0.370 e. The summed E-state index contributed by atoms with van der Waals surface area (Å²) in [4.78, 5) is 26.0. The predicted octanol–water partition coefficient (Wildman–Crippen LogP) is 3.01. The molecule has 2 N–H and O–H groups in total. The molecule has 0 saturated carbocycles. The van der Waals surface area contributed by atoms with Gasteiger partial charge in [-0.3, -0.25) is 4.79 Å². The highest BCUT2D eigenvalue weighted by Gasteiger charge is 2.31. The maximum atomic E-state index is 12.4. The second-order valence-corrected chi connectivity index (χ2v) is 6.71. The molecule has 1 amide bonds. The molecule has 0 aromatic carbocycles. The maximum absolute atomic E-state index is 12.4. The van der Waals surface area contributed by atoms with Crippen molar-refractivity contribution in [2.24, 2.45) is 5.92 Å². The fourth-order valence-corrected chi connectivity index (χ4v) is 3.64. The van der Waals surface area contributed by atoms with E-state index in [9.17, 15) is 18.0 Å². The van der Waals surface area contributed by atoms with Crippen molar-refractivity contribution in [3.63, 3.8) is 0 Å². The summed E-state index contributed by atoms with van der Waals surface area (Å²) < 4.78 is 37.1. The fourth-order valence-electron chi connectivity index (χ4n) is 3.64. The van der Waals surface area contributed by atoms with Gasteiger partial charge in [-0.2, -0.15) is 13.2 Å². The molecule has 4 heterocycles. The number of hydrogen-bond acceptors (Lipinski definition) is 4. The van der Waals surface area contributed by atoms with E-state index < -0.39 is 24.5 Å². The van der Waals surface area contributed by atoms with E-state index in [-0.39, 0.29) is 0 Å². The predicted molar refractivity (Wildman–Crippen MR) is 95.4 cm³/mol. The summed E-state index contributed by atoms with van der Waals surface area (Å²) in [5.41, 5.74) is 2.41. The summed E-state index contributed by atoms with van der Waals surface area (Å²) in [7, 11) is 0. The quantitative estimate of drug-likeness (QED) is 0.736. The number of aromatic nitrogens is 3. The van der Waals surface area contributed by atoms with Crippen LogP contribution in [0.1, 0.15) is 12.8 Å². The minimum absolute atomic E-state index is 0.376. The normalized spacial score (nSPS) is 18.2. The first-order valence-corrected chi connectivity index (χ1v) is 8.72. The summed E-state index contributed by atoms with van der Waals surface area (Å²) in [5.74, 6) is -1.03. The third-order valence-electron chi connectivity index (χ3n) is 4.87. The van der Waals surface area contributed by atoms with Crippen LogP contribution in [0.3, 0.4) is 0 Å². The van der Waals surface area contributed by atoms with Gasteiger partial charge in [0.15, 0.2) is 5.65 Å². The number of anilines is 1. The third-order valence-corrected chi connectivity index (χ3v) is 4.87. The number of nitrogens with zero attached hydrogens (tertiary/aromatic N) is 3. The summed E-state index contributed by atoms with van der Waals surface area (Å²) in [6, 6.07) is 3.81. The number of rotatable bonds is 3. The van der Waals surface area contributed by atoms with Gasteiger partial charge in [-0.25, -0.2) is 9.97 Å². The van der Waals surface area contributed by atoms with Crippen LogP contribution in [0, 0.1) is 5.92 Å². The molecule has 9 heteroatoms. The molecule has 6 nitrogen and oxygen atoms in total. The minimum atomic E-state index is -4.40. The van der Waals surface area contributed by atoms with Crippen molar-refractivity contribution >= 4 is 33.5 Å². The number of pyridine rings is 2. The number of alkyl halides is 3. The maximum Gasteiger partial charge on any atom is 0.405 e. The zero-order valence-corrected chi connectivity index (χ0v) is 14.4. The number of carbonyl (C=O) groups excluding carboxylic acids is 1. The van der Waals surface area contributed by atoms with E-state index >= 15 is 0 Å². The van der Waals surface area contributed by atoms with Gasteiger partial charge in [0.2, 0.25) is 5.91 Å². The third kappa shape index (κ3) is 3.54. The average Bonchev–Trinajstić information content (AvgIpc) is 3.14. The van der Waals surface area contributed by atoms with Crippen molar-refractivity contribution in [1.29, 1.82) is 0 Å². The fraction of sp³-hybridized carbons (Fsp3) is 0.389. The van der Waals surface area contributed by atoms with E-state index in [1.54, 1.807) is 18.6 Å². The lowest BCUT2D eigenvalue weighted by molar-refractivity contribution is -0.140. The van der Waals surface area contributed by atoms with Gasteiger partial charge in [0.05, 0.1) is 17.6 Å². The summed E-state index contributed by atoms with van der Waals surface area (Å²) >= 11 is 0. The van der Waals surface area contributed by atoms with Gasteiger partial charge in [-0.05, 0) is 25.0 Å². The van der Waals surface area contributed by atoms with Crippen molar-refractivity contribution in [3.05, 3.63) is 30.7 Å². The number of carbonyl (C=O) groups is 1. The molecule has 0 spiro atoms. The van der Waals surface area contributed by atoms with Crippen LogP contribution in [-0.4, -0.2) is 46.7 Å². The van der Waals surface area contributed by atoms with Crippen LogP contribution in [0.4, 0.5) is 18.9 Å². The Morgan fingerprint density at radius 3 is 3.00 bits per heavy atom. The number of H-pyrrole nitrogens is 1. The zero-order valence-electron chi connectivity index (χ0n) is 14.4. The van der Waals surface area contributed by atoms with Gasteiger partial charge in [0, 0.05) is 41.9 Å². The zero-order chi connectivity index (χ0) is 19.0. The van der Waals surface area contributed by atoms with Crippen LogP contribution in [-0.2, 0) is 4.79 Å².